The van der Waals surface area contributed by atoms with Gasteiger partial charge in [-0.1, -0.05) is 25.4 Å². The number of benzene rings is 1. The van der Waals surface area contributed by atoms with Crippen molar-refractivity contribution < 1.29 is 9.53 Å². The highest BCUT2D eigenvalue weighted by Crippen LogP contribution is 2.34. The molecule has 5 rings (SSSR count). The third-order valence-electron chi connectivity index (χ3n) is 6.64. The number of halogens is 1. The van der Waals surface area contributed by atoms with Gasteiger partial charge in [0.25, 0.3) is 11.5 Å². The fourth-order valence-corrected chi connectivity index (χ4v) is 4.99. The molecule has 172 valence electrons. The van der Waals surface area contributed by atoms with Gasteiger partial charge in [0, 0.05) is 24.3 Å². The summed E-state index contributed by atoms with van der Waals surface area (Å²) in [5.41, 5.74) is 2.62. The fourth-order valence-electron chi connectivity index (χ4n) is 4.66. The lowest BCUT2D eigenvalue weighted by molar-refractivity contribution is -0.00549. The van der Waals surface area contributed by atoms with Crippen molar-refractivity contribution in [2.75, 3.05) is 6.54 Å². The van der Waals surface area contributed by atoms with Crippen LogP contribution in [-0.2, 0) is 6.54 Å². The Morgan fingerprint density at radius 1 is 1.12 bits per heavy atom. The number of fused-ring (bicyclic) bond motifs is 1. The standard InChI is InChI=1S/C25H27ClN4O3/c1-15(2)18-12-17(4-5-19(18)26)33-23-9-8-20(23)29-10-11-30-22(25(29)32)7-6-21(24(30)31)28-13-16(3)27-14-28/h4-7,12-15,20,23H,8-11H2,1-3H3. The third-order valence-corrected chi connectivity index (χ3v) is 6.99. The molecule has 1 fully saturated rings. The van der Waals surface area contributed by atoms with Crippen LogP contribution in [0.4, 0.5) is 0 Å². The zero-order valence-corrected chi connectivity index (χ0v) is 19.7. The van der Waals surface area contributed by atoms with Crippen molar-refractivity contribution in [2.45, 2.75) is 58.2 Å². The largest absolute Gasteiger partial charge is 0.488 e. The molecular formula is C25H27ClN4O3. The predicted molar refractivity (Wildman–Crippen MR) is 127 cm³/mol. The van der Waals surface area contributed by atoms with E-state index in [1.165, 1.54) is 0 Å². The molecule has 7 nitrogen and oxygen atoms in total. The van der Waals surface area contributed by atoms with Crippen molar-refractivity contribution in [3.8, 4) is 11.4 Å². The van der Waals surface area contributed by atoms with Crippen LogP contribution in [0.2, 0.25) is 5.02 Å². The van der Waals surface area contributed by atoms with Crippen LogP contribution < -0.4 is 10.3 Å². The molecule has 33 heavy (non-hydrogen) atoms. The van der Waals surface area contributed by atoms with E-state index in [2.05, 4.69) is 18.8 Å². The van der Waals surface area contributed by atoms with E-state index in [1.807, 2.05) is 30.0 Å². The molecule has 0 radical (unpaired) electrons. The number of pyridine rings is 1. The van der Waals surface area contributed by atoms with Crippen LogP contribution in [0.1, 0.15) is 54.4 Å². The van der Waals surface area contributed by atoms with Gasteiger partial charge in [-0.2, -0.15) is 0 Å². The molecule has 8 heteroatoms. The number of rotatable bonds is 5. The van der Waals surface area contributed by atoms with E-state index in [-0.39, 0.29) is 23.6 Å². The molecule has 3 heterocycles. The molecule has 1 saturated carbocycles. The first kappa shape index (κ1) is 21.8. The summed E-state index contributed by atoms with van der Waals surface area (Å²) in [6, 6.07) is 9.18. The second-order valence-electron chi connectivity index (χ2n) is 9.12. The summed E-state index contributed by atoms with van der Waals surface area (Å²) in [5.74, 6) is 0.955. The van der Waals surface area contributed by atoms with Crippen LogP contribution in [0.3, 0.4) is 0 Å². The van der Waals surface area contributed by atoms with Gasteiger partial charge in [0.2, 0.25) is 0 Å². The maximum absolute atomic E-state index is 13.3. The van der Waals surface area contributed by atoms with E-state index < -0.39 is 0 Å². The molecule has 1 aromatic carbocycles. The Morgan fingerprint density at radius 2 is 1.94 bits per heavy atom. The first-order valence-electron chi connectivity index (χ1n) is 11.4. The zero-order chi connectivity index (χ0) is 23.3. The molecule has 2 atom stereocenters. The SMILES string of the molecule is Cc1cn(-c2ccc3n(c2=O)CCN(C2CCC2Oc2ccc(Cl)c(C(C)C)c2)C3=O)cn1. The average molecular weight is 467 g/mol. The lowest BCUT2D eigenvalue weighted by Crippen LogP contribution is -2.58. The Balaban J connectivity index is 1.35. The summed E-state index contributed by atoms with van der Waals surface area (Å²) in [6.07, 6.45) is 5.13. The van der Waals surface area contributed by atoms with Crippen LogP contribution in [-0.4, -0.2) is 43.6 Å². The van der Waals surface area contributed by atoms with Gasteiger partial charge in [-0.3, -0.25) is 9.59 Å². The number of carbonyl (C=O) groups excluding carboxylic acids is 1. The monoisotopic (exact) mass is 466 g/mol. The summed E-state index contributed by atoms with van der Waals surface area (Å²) in [5, 5.41) is 0.737. The minimum absolute atomic E-state index is 0.00416. The maximum atomic E-state index is 13.3. The van der Waals surface area contributed by atoms with Crippen LogP contribution in [0.25, 0.3) is 5.69 Å². The molecule has 2 aliphatic rings. The number of hydrogen-bond acceptors (Lipinski definition) is 4. The van der Waals surface area contributed by atoms with Crippen molar-refractivity contribution in [3.63, 3.8) is 0 Å². The van der Waals surface area contributed by atoms with Crippen LogP contribution in [0.5, 0.6) is 5.75 Å². The number of aryl methyl sites for hydroxylation is 1. The van der Waals surface area contributed by atoms with Crippen molar-refractivity contribution in [1.82, 2.24) is 19.0 Å². The molecule has 0 N–H and O–H groups in total. The molecule has 0 bridgehead atoms. The Kier molecular flexibility index (Phi) is 5.52. The first-order chi connectivity index (χ1) is 15.8. The molecule has 2 aromatic heterocycles. The zero-order valence-electron chi connectivity index (χ0n) is 19.0. The van der Waals surface area contributed by atoms with Gasteiger partial charge in [-0.05, 0) is 61.6 Å². The number of hydrogen-bond donors (Lipinski definition) is 0. The normalized spacial score (nSPS) is 20.0. The second-order valence-corrected chi connectivity index (χ2v) is 9.53. The van der Waals surface area contributed by atoms with E-state index in [9.17, 15) is 9.59 Å². The van der Waals surface area contributed by atoms with Gasteiger partial charge in [-0.25, -0.2) is 4.98 Å². The summed E-state index contributed by atoms with van der Waals surface area (Å²) < 4.78 is 9.55. The molecule has 0 spiro atoms. The molecule has 3 aromatic rings. The molecule has 1 amide bonds. The van der Waals surface area contributed by atoms with E-state index in [0.29, 0.717) is 30.4 Å². The van der Waals surface area contributed by atoms with Gasteiger partial charge in [0.1, 0.15) is 23.2 Å². The Hall–Kier alpha value is -3.06. The molecule has 1 aliphatic carbocycles. The number of aromatic nitrogens is 3. The predicted octanol–water partition coefficient (Wildman–Crippen LogP) is 4.19. The Labute approximate surface area is 197 Å². The summed E-state index contributed by atoms with van der Waals surface area (Å²) in [7, 11) is 0. The minimum atomic E-state index is -0.179. The highest BCUT2D eigenvalue weighted by molar-refractivity contribution is 6.31. The van der Waals surface area contributed by atoms with E-state index in [1.54, 1.807) is 33.8 Å². The highest BCUT2D eigenvalue weighted by atomic mass is 35.5. The summed E-state index contributed by atoms with van der Waals surface area (Å²) >= 11 is 6.32. The highest BCUT2D eigenvalue weighted by Gasteiger charge is 2.42. The smallest absolute Gasteiger partial charge is 0.275 e. The number of imidazole rings is 1. The fraction of sp³-hybridized carbons (Fsp3) is 0.400. The van der Waals surface area contributed by atoms with Crippen molar-refractivity contribution >= 4 is 17.5 Å². The third kappa shape index (κ3) is 3.84. The van der Waals surface area contributed by atoms with E-state index in [4.69, 9.17) is 16.3 Å². The van der Waals surface area contributed by atoms with E-state index in [0.717, 1.165) is 34.9 Å². The lowest BCUT2D eigenvalue weighted by atomic mass is 9.86. The van der Waals surface area contributed by atoms with Crippen molar-refractivity contribution in [1.29, 1.82) is 0 Å². The Bertz CT molecular complexity index is 1280. The molecular weight excluding hydrogens is 440 g/mol. The van der Waals surface area contributed by atoms with E-state index >= 15 is 0 Å². The maximum Gasteiger partial charge on any atom is 0.275 e. The summed E-state index contributed by atoms with van der Waals surface area (Å²) in [6.45, 7) is 7.02. The van der Waals surface area contributed by atoms with Crippen LogP contribution in [0.15, 0.2) is 47.7 Å². The number of carbonyl (C=O) groups is 1. The molecule has 0 saturated heterocycles. The van der Waals surface area contributed by atoms with Gasteiger partial charge >= 0.3 is 0 Å². The number of amides is 1. The van der Waals surface area contributed by atoms with Gasteiger partial charge in [-0.15, -0.1) is 0 Å². The first-order valence-corrected chi connectivity index (χ1v) is 11.7. The van der Waals surface area contributed by atoms with Crippen molar-refractivity contribution in [3.05, 3.63) is 75.2 Å². The summed E-state index contributed by atoms with van der Waals surface area (Å²) in [4.78, 5) is 32.4. The van der Waals surface area contributed by atoms with Gasteiger partial charge in [0.05, 0.1) is 18.1 Å². The van der Waals surface area contributed by atoms with Crippen LogP contribution >= 0.6 is 11.6 Å². The Morgan fingerprint density at radius 3 is 2.61 bits per heavy atom. The lowest BCUT2D eigenvalue weighted by Gasteiger charge is -2.45. The topological polar surface area (TPSA) is 69.4 Å². The van der Waals surface area contributed by atoms with Gasteiger partial charge < -0.3 is 18.8 Å². The quantitative estimate of drug-likeness (QED) is 0.565. The molecule has 2 unspecified atom stereocenters. The van der Waals surface area contributed by atoms with Crippen LogP contribution in [0, 0.1) is 6.92 Å². The van der Waals surface area contributed by atoms with Crippen molar-refractivity contribution in [2.24, 2.45) is 0 Å². The minimum Gasteiger partial charge on any atom is -0.488 e. The average Bonchev–Trinajstić information content (AvgIpc) is 3.20. The van der Waals surface area contributed by atoms with Gasteiger partial charge in [0.15, 0.2) is 0 Å². The number of ether oxygens (including phenoxy) is 1. The molecule has 1 aliphatic heterocycles. The number of nitrogens with zero attached hydrogens (tertiary/aromatic N) is 4. The second kappa shape index (κ2) is 8.37.